The number of nitrogens with two attached hydrogens (primary N) is 1. The molecule has 1 saturated carbocycles. The molecule has 3 aromatic rings. The van der Waals surface area contributed by atoms with Gasteiger partial charge in [0.25, 0.3) is 5.91 Å². The van der Waals surface area contributed by atoms with Crippen LogP contribution < -0.4 is 20.5 Å². The quantitative estimate of drug-likeness (QED) is 0.219. The number of benzene rings is 3. The molecule has 2 amide bonds. The van der Waals surface area contributed by atoms with Crippen LogP contribution in [0, 0.1) is 0 Å². The van der Waals surface area contributed by atoms with E-state index >= 15 is 0 Å². The fourth-order valence-corrected chi connectivity index (χ4v) is 5.10. The van der Waals surface area contributed by atoms with Crippen LogP contribution in [0.2, 0.25) is 0 Å². The second-order valence-electron chi connectivity index (χ2n) is 9.25. The van der Waals surface area contributed by atoms with E-state index in [1.807, 2.05) is 54.6 Å². The number of nitrogens with one attached hydrogen (secondary N) is 2. The van der Waals surface area contributed by atoms with Gasteiger partial charge >= 0.3 is 0 Å². The summed E-state index contributed by atoms with van der Waals surface area (Å²) in [5, 5.41) is 21.5. The average molecular weight is 568 g/mol. The van der Waals surface area contributed by atoms with Gasteiger partial charge in [-0.25, -0.2) is 0 Å². The summed E-state index contributed by atoms with van der Waals surface area (Å²) in [6, 6.07) is 22.8. The van der Waals surface area contributed by atoms with Crippen LogP contribution in [0.5, 0.6) is 11.5 Å². The molecule has 1 aliphatic carbocycles. The molecular weight excluding hydrogens is 526 g/mol. The minimum Gasteiger partial charge on any atom is -0.507 e. The Labute approximate surface area is 241 Å². The number of primary amides is 1. The first-order valence-electron chi connectivity index (χ1n) is 13.3. The summed E-state index contributed by atoms with van der Waals surface area (Å²) in [5.41, 5.74) is 7.54. The van der Waals surface area contributed by atoms with Crippen molar-refractivity contribution in [2.75, 3.05) is 13.4 Å². The maximum Gasteiger partial charge on any atom is 0.252 e. The Hall–Kier alpha value is -3.53. The maximum absolute atomic E-state index is 12.1. The molecule has 216 valence electrons. The number of rotatable bonds is 5. The molecule has 0 radical (unpaired) electrons. The van der Waals surface area contributed by atoms with Crippen LogP contribution in [0.4, 0.5) is 0 Å². The van der Waals surface area contributed by atoms with E-state index in [2.05, 4.69) is 22.0 Å². The molecule has 3 aromatic carbocycles. The van der Waals surface area contributed by atoms with E-state index in [0.717, 1.165) is 17.2 Å². The van der Waals surface area contributed by atoms with Gasteiger partial charge in [-0.3, -0.25) is 14.3 Å². The second kappa shape index (κ2) is 18.7. The first kappa shape index (κ1) is 32.7. The third kappa shape index (κ3) is 10.9. The van der Waals surface area contributed by atoms with Crippen molar-refractivity contribution in [1.82, 2.24) is 10.0 Å². The fraction of sp³-hybridized carbons (Fsp3) is 0.355. The van der Waals surface area contributed by atoms with Gasteiger partial charge < -0.3 is 26.0 Å². The maximum atomic E-state index is 12.1. The third-order valence-corrected chi connectivity index (χ3v) is 7.09. The standard InChI is InChI=1S/C16H15NO3.C7H15NS.C7H8O.CH3NO/c1-20-11-6-7-13(15(18)9-11)14-8-10-4-2-3-5-12(10)16(19)17-14;1-9-8-7-5-3-2-4-6-7;8-6-7-4-2-1-3-5-7;2-1-3/h2-7,9,14,18H,8H2,1H3,(H,17,19);7-8H,2-6H2,1H3;1-5,8H,6H2;1H,(H2,2,3). The Morgan fingerprint density at radius 1 is 1.05 bits per heavy atom. The van der Waals surface area contributed by atoms with E-state index in [4.69, 9.17) is 14.6 Å². The topological polar surface area (TPSA) is 134 Å². The van der Waals surface area contributed by atoms with Gasteiger partial charge in [0.15, 0.2) is 0 Å². The minimum atomic E-state index is -0.219. The zero-order valence-electron chi connectivity index (χ0n) is 23.2. The van der Waals surface area contributed by atoms with Gasteiger partial charge in [0.1, 0.15) is 11.5 Å². The number of hydrogen-bond acceptors (Lipinski definition) is 7. The number of aromatic hydroxyl groups is 1. The number of methoxy groups -OCH3 is 1. The van der Waals surface area contributed by atoms with Crippen molar-refractivity contribution in [3.63, 3.8) is 0 Å². The van der Waals surface area contributed by atoms with Gasteiger partial charge in [0.05, 0.1) is 19.8 Å². The Bertz CT molecular complexity index is 1150. The van der Waals surface area contributed by atoms with Crippen LogP contribution in [0.15, 0.2) is 72.8 Å². The van der Waals surface area contributed by atoms with Gasteiger partial charge in [-0.05, 0) is 54.8 Å². The number of amides is 2. The number of fused-ring (bicyclic) bond motifs is 1. The summed E-state index contributed by atoms with van der Waals surface area (Å²) in [7, 11) is 1.55. The van der Waals surface area contributed by atoms with Crippen molar-refractivity contribution >= 4 is 24.3 Å². The highest BCUT2D eigenvalue weighted by atomic mass is 32.2. The van der Waals surface area contributed by atoms with Crippen molar-refractivity contribution in [3.05, 3.63) is 95.1 Å². The van der Waals surface area contributed by atoms with E-state index in [9.17, 15) is 9.90 Å². The predicted molar refractivity (Wildman–Crippen MR) is 161 cm³/mol. The summed E-state index contributed by atoms with van der Waals surface area (Å²) in [6.07, 6.45) is 10.1. The lowest BCUT2D eigenvalue weighted by Crippen LogP contribution is -2.35. The third-order valence-electron chi connectivity index (χ3n) is 6.52. The van der Waals surface area contributed by atoms with Crippen LogP contribution in [-0.4, -0.2) is 41.9 Å². The summed E-state index contributed by atoms with van der Waals surface area (Å²) >= 11 is 1.76. The van der Waals surface area contributed by atoms with Gasteiger partial charge in [-0.15, -0.1) is 0 Å². The van der Waals surface area contributed by atoms with Crippen molar-refractivity contribution in [1.29, 1.82) is 0 Å². The lowest BCUT2D eigenvalue weighted by atomic mass is 9.91. The van der Waals surface area contributed by atoms with Crippen molar-refractivity contribution in [3.8, 4) is 11.5 Å². The zero-order valence-corrected chi connectivity index (χ0v) is 24.0. The average Bonchev–Trinajstić information content (AvgIpc) is 2.99. The first-order valence-corrected chi connectivity index (χ1v) is 14.5. The summed E-state index contributed by atoms with van der Waals surface area (Å²) in [4.78, 5) is 20.7. The van der Waals surface area contributed by atoms with Gasteiger partial charge in [-0.1, -0.05) is 79.7 Å². The number of aliphatic hydroxyl groups excluding tert-OH is 1. The SMILES string of the molecule is COc1ccc(C2Cc3ccccc3C(=O)N2)c(O)c1.CSNC1CCCCC1.NC=O.OCc1ccccc1. The van der Waals surface area contributed by atoms with Crippen LogP contribution in [0.1, 0.15) is 65.2 Å². The molecule has 0 saturated heterocycles. The number of carbonyl (C=O) groups is 2. The molecule has 1 fully saturated rings. The summed E-state index contributed by atoms with van der Waals surface area (Å²) < 4.78 is 8.47. The number of hydrogen-bond donors (Lipinski definition) is 5. The highest BCUT2D eigenvalue weighted by molar-refractivity contribution is 7.96. The van der Waals surface area contributed by atoms with Crippen LogP contribution in [0.25, 0.3) is 0 Å². The molecule has 8 nitrogen and oxygen atoms in total. The van der Waals surface area contributed by atoms with Crippen molar-refractivity contribution in [2.45, 2.75) is 57.2 Å². The largest absolute Gasteiger partial charge is 0.507 e. The molecule has 1 aliphatic heterocycles. The predicted octanol–water partition coefficient (Wildman–Crippen LogP) is 4.90. The molecule has 6 N–H and O–H groups in total. The Morgan fingerprint density at radius 2 is 1.70 bits per heavy atom. The number of phenols is 1. The minimum absolute atomic E-state index is 0.105. The molecule has 2 aliphatic rings. The molecule has 1 heterocycles. The monoisotopic (exact) mass is 567 g/mol. The number of phenolic OH excluding ortho intramolecular Hbond substituents is 1. The molecule has 0 aromatic heterocycles. The Kier molecular flexibility index (Phi) is 15.3. The van der Waals surface area contributed by atoms with Crippen LogP contribution >= 0.6 is 11.9 Å². The van der Waals surface area contributed by atoms with Gasteiger partial charge in [-0.2, -0.15) is 0 Å². The lowest BCUT2D eigenvalue weighted by Gasteiger charge is -2.26. The number of aliphatic hydroxyl groups is 1. The van der Waals surface area contributed by atoms with Crippen LogP contribution in [0.3, 0.4) is 0 Å². The van der Waals surface area contributed by atoms with Gasteiger partial charge in [0, 0.05) is 23.2 Å². The normalized spacial score (nSPS) is 15.8. The molecular formula is C31H41N3O5S. The van der Waals surface area contributed by atoms with E-state index in [1.165, 1.54) is 32.1 Å². The van der Waals surface area contributed by atoms with Crippen molar-refractivity contribution in [2.24, 2.45) is 5.73 Å². The second-order valence-corrected chi connectivity index (χ2v) is 9.89. The lowest BCUT2D eigenvalue weighted by molar-refractivity contribution is -0.106. The van der Waals surface area contributed by atoms with Crippen molar-refractivity contribution < 1.29 is 24.5 Å². The smallest absolute Gasteiger partial charge is 0.252 e. The molecule has 0 bridgehead atoms. The van der Waals surface area contributed by atoms with E-state index in [-0.39, 0.29) is 30.7 Å². The fourth-order valence-electron chi connectivity index (χ4n) is 4.53. The molecule has 0 spiro atoms. The zero-order chi connectivity index (χ0) is 29.2. The molecule has 1 unspecified atom stereocenters. The van der Waals surface area contributed by atoms with Gasteiger partial charge in [0.2, 0.25) is 6.41 Å². The van der Waals surface area contributed by atoms with E-state index in [0.29, 0.717) is 23.3 Å². The molecule has 9 heteroatoms. The Morgan fingerprint density at radius 3 is 2.27 bits per heavy atom. The highest BCUT2D eigenvalue weighted by Crippen LogP contribution is 2.33. The highest BCUT2D eigenvalue weighted by Gasteiger charge is 2.26. The summed E-state index contributed by atoms with van der Waals surface area (Å²) in [6.45, 7) is 0.140. The van der Waals surface area contributed by atoms with E-state index < -0.39 is 0 Å². The summed E-state index contributed by atoms with van der Waals surface area (Å²) in [5.74, 6) is 0.620. The molecule has 1 atom stereocenters. The number of carbonyl (C=O) groups excluding carboxylic acids is 2. The first-order chi connectivity index (χ1) is 19.5. The molecule has 5 rings (SSSR count). The van der Waals surface area contributed by atoms with Crippen LogP contribution in [-0.2, 0) is 17.8 Å². The molecule has 40 heavy (non-hydrogen) atoms. The van der Waals surface area contributed by atoms with E-state index in [1.54, 1.807) is 37.3 Å². The Balaban J connectivity index is 0.000000232. The number of ether oxygens (including phenoxy) is 1.